The Balaban J connectivity index is 2.65. The van der Waals surface area contributed by atoms with Crippen molar-refractivity contribution in [3.63, 3.8) is 0 Å². The van der Waals surface area contributed by atoms with Crippen molar-refractivity contribution in [3.05, 3.63) is 18.3 Å². The summed E-state index contributed by atoms with van der Waals surface area (Å²) in [5, 5.41) is 11.4. The van der Waals surface area contributed by atoms with E-state index < -0.39 is 5.97 Å². The van der Waals surface area contributed by atoms with E-state index in [2.05, 4.69) is 10.3 Å². The maximum absolute atomic E-state index is 12.1. The van der Waals surface area contributed by atoms with Crippen molar-refractivity contribution >= 4 is 17.7 Å². The molecule has 0 aliphatic heterocycles. The molecular formula is C14H21N3O4. The molecule has 7 nitrogen and oxygen atoms in total. The van der Waals surface area contributed by atoms with Gasteiger partial charge < -0.3 is 20.1 Å². The molecule has 1 heterocycles. The number of nitrogens with one attached hydrogen (secondary N) is 1. The zero-order chi connectivity index (χ0) is 15.8. The van der Waals surface area contributed by atoms with Crippen LogP contribution in [0.15, 0.2) is 18.3 Å². The summed E-state index contributed by atoms with van der Waals surface area (Å²) in [6.07, 6.45) is 1.41. The minimum Gasteiger partial charge on any atom is -0.481 e. The lowest BCUT2D eigenvalue weighted by atomic mass is 10.3. The van der Waals surface area contributed by atoms with Crippen molar-refractivity contribution < 1.29 is 19.4 Å². The van der Waals surface area contributed by atoms with E-state index in [1.54, 1.807) is 12.1 Å². The molecule has 0 saturated heterocycles. The lowest BCUT2D eigenvalue weighted by molar-refractivity contribution is -0.137. The fraction of sp³-hybridized carbons (Fsp3) is 0.500. The van der Waals surface area contributed by atoms with Crippen LogP contribution in [0, 0.1) is 0 Å². The standard InChI is InChI=1S/C14H21N3O4/c1-4-21-12-6-5-11(9-15-12)16-14(20)17(10(2)3)8-7-13(18)19/h5-6,9-10H,4,7-8H2,1-3H3,(H,16,20)(H,18,19). The predicted octanol–water partition coefficient (Wildman–Crippen LogP) is 2.20. The van der Waals surface area contributed by atoms with Gasteiger partial charge >= 0.3 is 12.0 Å². The highest BCUT2D eigenvalue weighted by atomic mass is 16.5. The van der Waals surface area contributed by atoms with Crippen molar-refractivity contribution in [2.75, 3.05) is 18.5 Å². The second kappa shape index (κ2) is 8.08. The van der Waals surface area contributed by atoms with Gasteiger partial charge in [0.25, 0.3) is 0 Å². The van der Waals surface area contributed by atoms with Gasteiger partial charge in [0, 0.05) is 18.7 Å². The van der Waals surface area contributed by atoms with Crippen LogP contribution >= 0.6 is 0 Å². The van der Waals surface area contributed by atoms with E-state index in [1.807, 2.05) is 20.8 Å². The second-order valence-corrected chi connectivity index (χ2v) is 4.68. The number of carbonyl (C=O) groups excluding carboxylic acids is 1. The molecule has 7 heteroatoms. The highest BCUT2D eigenvalue weighted by molar-refractivity contribution is 5.89. The minimum absolute atomic E-state index is 0.0902. The van der Waals surface area contributed by atoms with Crippen molar-refractivity contribution in [2.24, 2.45) is 0 Å². The van der Waals surface area contributed by atoms with Crippen molar-refractivity contribution in [1.29, 1.82) is 0 Å². The summed E-state index contributed by atoms with van der Waals surface area (Å²) in [6, 6.07) is 2.90. The lowest BCUT2D eigenvalue weighted by Gasteiger charge is -2.26. The molecule has 0 radical (unpaired) electrons. The summed E-state index contributed by atoms with van der Waals surface area (Å²) in [7, 11) is 0. The van der Waals surface area contributed by atoms with E-state index in [9.17, 15) is 9.59 Å². The van der Waals surface area contributed by atoms with Gasteiger partial charge in [-0.15, -0.1) is 0 Å². The minimum atomic E-state index is -0.934. The number of aliphatic carboxylic acids is 1. The second-order valence-electron chi connectivity index (χ2n) is 4.68. The molecule has 0 fully saturated rings. The molecule has 0 saturated carbocycles. The number of rotatable bonds is 7. The molecule has 0 atom stereocenters. The molecule has 1 aromatic rings. The number of aromatic nitrogens is 1. The average Bonchev–Trinajstić information content (AvgIpc) is 2.40. The van der Waals surface area contributed by atoms with Crippen LogP contribution in [0.25, 0.3) is 0 Å². The van der Waals surface area contributed by atoms with Crippen LogP contribution in [0.3, 0.4) is 0 Å². The van der Waals surface area contributed by atoms with Crippen LogP contribution < -0.4 is 10.1 Å². The zero-order valence-corrected chi connectivity index (χ0v) is 12.5. The van der Waals surface area contributed by atoms with Gasteiger partial charge in [0.1, 0.15) is 0 Å². The number of anilines is 1. The van der Waals surface area contributed by atoms with Gasteiger partial charge in [-0.3, -0.25) is 4.79 Å². The first-order valence-electron chi connectivity index (χ1n) is 6.82. The number of urea groups is 1. The van der Waals surface area contributed by atoms with Crippen LogP contribution in [-0.2, 0) is 4.79 Å². The van der Waals surface area contributed by atoms with Crippen molar-refractivity contribution in [2.45, 2.75) is 33.2 Å². The Hall–Kier alpha value is -2.31. The Morgan fingerprint density at radius 2 is 2.14 bits per heavy atom. The van der Waals surface area contributed by atoms with Gasteiger partial charge in [-0.1, -0.05) is 0 Å². The number of carbonyl (C=O) groups is 2. The van der Waals surface area contributed by atoms with Gasteiger partial charge in [-0.2, -0.15) is 0 Å². The van der Waals surface area contributed by atoms with Crippen LogP contribution in [0.2, 0.25) is 0 Å². The number of carboxylic acid groups (broad SMARTS) is 1. The summed E-state index contributed by atoms with van der Waals surface area (Å²) in [6.45, 7) is 6.20. The third-order valence-electron chi connectivity index (χ3n) is 2.73. The number of carboxylic acids is 1. The number of nitrogens with zero attached hydrogens (tertiary/aromatic N) is 2. The fourth-order valence-electron chi connectivity index (χ4n) is 1.69. The Morgan fingerprint density at radius 1 is 1.43 bits per heavy atom. The molecule has 0 unspecified atom stereocenters. The lowest BCUT2D eigenvalue weighted by Crippen LogP contribution is -2.41. The number of hydrogen-bond donors (Lipinski definition) is 2. The van der Waals surface area contributed by atoms with E-state index in [0.717, 1.165) is 0 Å². The maximum Gasteiger partial charge on any atom is 0.322 e. The van der Waals surface area contributed by atoms with Crippen LogP contribution in [0.4, 0.5) is 10.5 Å². The third-order valence-corrected chi connectivity index (χ3v) is 2.73. The molecule has 21 heavy (non-hydrogen) atoms. The van der Waals surface area contributed by atoms with Gasteiger partial charge in [-0.05, 0) is 26.8 Å². The highest BCUT2D eigenvalue weighted by Gasteiger charge is 2.18. The van der Waals surface area contributed by atoms with Crippen LogP contribution in [0.5, 0.6) is 5.88 Å². The number of amides is 2. The molecule has 0 aliphatic rings. The fourth-order valence-corrected chi connectivity index (χ4v) is 1.69. The summed E-state index contributed by atoms with van der Waals surface area (Å²) < 4.78 is 5.22. The Morgan fingerprint density at radius 3 is 2.62 bits per heavy atom. The first-order chi connectivity index (χ1) is 9.93. The molecule has 116 valence electrons. The molecular weight excluding hydrogens is 274 g/mol. The molecule has 0 aliphatic carbocycles. The highest BCUT2D eigenvalue weighted by Crippen LogP contribution is 2.13. The van der Waals surface area contributed by atoms with Crippen LogP contribution in [-0.4, -0.2) is 46.2 Å². The van der Waals surface area contributed by atoms with E-state index in [0.29, 0.717) is 18.2 Å². The molecule has 0 spiro atoms. The normalized spacial score (nSPS) is 10.3. The molecule has 2 N–H and O–H groups in total. The van der Waals surface area contributed by atoms with E-state index in [1.165, 1.54) is 11.1 Å². The van der Waals surface area contributed by atoms with Crippen LogP contribution in [0.1, 0.15) is 27.2 Å². The summed E-state index contributed by atoms with van der Waals surface area (Å²) >= 11 is 0. The average molecular weight is 295 g/mol. The largest absolute Gasteiger partial charge is 0.481 e. The first-order valence-corrected chi connectivity index (χ1v) is 6.82. The Labute approximate surface area is 123 Å². The number of ether oxygens (including phenoxy) is 1. The molecule has 0 bridgehead atoms. The molecule has 1 rings (SSSR count). The van der Waals surface area contributed by atoms with Gasteiger partial charge in [-0.25, -0.2) is 9.78 Å². The van der Waals surface area contributed by atoms with E-state index in [-0.39, 0.29) is 25.0 Å². The quantitative estimate of drug-likeness (QED) is 0.804. The summed E-state index contributed by atoms with van der Waals surface area (Å²) in [5.41, 5.74) is 0.532. The zero-order valence-electron chi connectivity index (χ0n) is 12.5. The summed E-state index contributed by atoms with van der Waals surface area (Å²) in [4.78, 5) is 28.3. The van der Waals surface area contributed by atoms with Crippen molar-refractivity contribution in [3.8, 4) is 5.88 Å². The topological polar surface area (TPSA) is 91.8 Å². The number of hydrogen-bond acceptors (Lipinski definition) is 4. The molecule has 2 amide bonds. The maximum atomic E-state index is 12.1. The van der Waals surface area contributed by atoms with E-state index >= 15 is 0 Å². The smallest absolute Gasteiger partial charge is 0.322 e. The Bertz CT molecular complexity index is 474. The van der Waals surface area contributed by atoms with E-state index in [4.69, 9.17) is 9.84 Å². The first kappa shape index (κ1) is 16.7. The monoisotopic (exact) mass is 295 g/mol. The van der Waals surface area contributed by atoms with Gasteiger partial charge in [0.2, 0.25) is 5.88 Å². The molecule has 1 aromatic heterocycles. The van der Waals surface area contributed by atoms with Gasteiger partial charge in [0.15, 0.2) is 0 Å². The molecule has 0 aromatic carbocycles. The van der Waals surface area contributed by atoms with Crippen molar-refractivity contribution in [1.82, 2.24) is 9.88 Å². The summed E-state index contributed by atoms with van der Waals surface area (Å²) in [5.74, 6) is -0.446. The Kier molecular flexibility index (Phi) is 6.45. The SMILES string of the molecule is CCOc1ccc(NC(=O)N(CCC(=O)O)C(C)C)cn1. The van der Waals surface area contributed by atoms with Gasteiger partial charge in [0.05, 0.1) is 24.9 Å². The predicted molar refractivity (Wildman–Crippen MR) is 78.5 cm³/mol. The number of pyridine rings is 1. The third kappa shape index (κ3) is 5.68.